The van der Waals surface area contributed by atoms with Crippen molar-refractivity contribution in [1.29, 1.82) is 0 Å². The summed E-state index contributed by atoms with van der Waals surface area (Å²) in [5.41, 5.74) is 0.881. The number of esters is 1. The molecule has 0 saturated carbocycles. The predicted molar refractivity (Wildman–Crippen MR) is 174 cm³/mol. The molecular weight excluding hydrogens is 575 g/mol. The Morgan fingerprint density at radius 1 is 1.11 bits per heavy atom. The SMILES string of the molecule is COCOc1cc(OCCCN(BC=O)c2ccccn2)cc2c1C(=O)O[C@@H](C)[C@H](C)/C=C\C(C)C1OC(C)(C)OC1C/C=C/2. The summed E-state index contributed by atoms with van der Waals surface area (Å²) >= 11 is 0. The highest BCUT2D eigenvalue weighted by Crippen LogP contribution is 2.36. The van der Waals surface area contributed by atoms with Crippen LogP contribution in [0, 0.1) is 11.8 Å². The fourth-order valence-corrected chi connectivity index (χ4v) is 5.43. The number of rotatable bonds is 11. The zero-order valence-corrected chi connectivity index (χ0v) is 27.1. The largest absolute Gasteiger partial charge is 0.493 e. The Hall–Kier alpha value is -3.67. The van der Waals surface area contributed by atoms with Crippen LogP contribution in [-0.4, -0.2) is 75.7 Å². The number of carbonyl (C=O) groups is 2. The second-order valence-corrected chi connectivity index (χ2v) is 11.9. The highest BCUT2D eigenvalue weighted by atomic mass is 16.8. The topological polar surface area (TPSA) is 106 Å². The zero-order chi connectivity index (χ0) is 32.4. The minimum atomic E-state index is -0.699. The molecule has 2 aliphatic heterocycles. The van der Waals surface area contributed by atoms with Crippen LogP contribution >= 0.6 is 0 Å². The molecular formula is C34H45BN2O8. The molecule has 3 heterocycles. The quantitative estimate of drug-likeness (QED) is 0.0832. The molecule has 242 valence electrons. The fraction of sp³-hybridized carbons (Fsp3) is 0.500. The lowest BCUT2D eigenvalue weighted by atomic mass is 9.94. The summed E-state index contributed by atoms with van der Waals surface area (Å²) in [6.07, 6.45) is 11.1. The molecule has 2 aliphatic rings. The van der Waals surface area contributed by atoms with Gasteiger partial charge < -0.3 is 38.0 Å². The number of hydrogen-bond acceptors (Lipinski definition) is 10. The second kappa shape index (κ2) is 16.1. The third-order valence-corrected chi connectivity index (χ3v) is 7.91. The first-order valence-electron chi connectivity index (χ1n) is 15.6. The number of cyclic esters (lactones) is 1. The first-order chi connectivity index (χ1) is 21.6. The molecule has 45 heavy (non-hydrogen) atoms. The van der Waals surface area contributed by atoms with Gasteiger partial charge in [0.05, 0.1) is 18.8 Å². The van der Waals surface area contributed by atoms with E-state index in [1.54, 1.807) is 12.3 Å². The first kappa shape index (κ1) is 34.2. The molecule has 10 nitrogen and oxygen atoms in total. The van der Waals surface area contributed by atoms with Crippen LogP contribution in [0.3, 0.4) is 0 Å². The Balaban J connectivity index is 1.61. The average Bonchev–Trinajstić information content (AvgIpc) is 3.33. The van der Waals surface area contributed by atoms with Gasteiger partial charge in [0.1, 0.15) is 35.2 Å². The minimum absolute atomic E-state index is 0.0390. The van der Waals surface area contributed by atoms with E-state index in [0.717, 1.165) is 12.0 Å². The molecule has 0 amide bonds. The van der Waals surface area contributed by atoms with Crippen molar-refractivity contribution < 1.29 is 38.0 Å². The van der Waals surface area contributed by atoms with Crippen molar-refractivity contribution in [2.75, 3.05) is 31.9 Å². The van der Waals surface area contributed by atoms with Crippen LogP contribution < -0.4 is 14.3 Å². The van der Waals surface area contributed by atoms with Crippen LogP contribution in [0.15, 0.2) is 54.8 Å². The van der Waals surface area contributed by atoms with E-state index in [0.29, 0.717) is 43.1 Å². The maximum Gasteiger partial charge on any atom is 0.342 e. The van der Waals surface area contributed by atoms with Gasteiger partial charge in [0.15, 0.2) is 12.6 Å². The van der Waals surface area contributed by atoms with Gasteiger partial charge in [-0.15, -0.1) is 0 Å². The minimum Gasteiger partial charge on any atom is -0.493 e. The van der Waals surface area contributed by atoms with Gasteiger partial charge in [-0.3, -0.25) is 0 Å². The van der Waals surface area contributed by atoms with Crippen molar-refractivity contribution in [3.63, 3.8) is 0 Å². The lowest BCUT2D eigenvalue weighted by Gasteiger charge is -2.23. The molecule has 4 rings (SSSR count). The molecule has 0 N–H and O–H groups in total. The number of carbonyl (C=O) groups excluding carboxylic acids is 2. The number of methoxy groups -OCH3 is 1. The van der Waals surface area contributed by atoms with Crippen LogP contribution in [0.1, 0.15) is 63.4 Å². The molecule has 0 bridgehead atoms. The Kier molecular flexibility index (Phi) is 12.2. The van der Waals surface area contributed by atoms with E-state index in [4.69, 9.17) is 28.4 Å². The second-order valence-electron chi connectivity index (χ2n) is 11.9. The summed E-state index contributed by atoms with van der Waals surface area (Å²) in [5.74, 6) is 0.411. The van der Waals surface area contributed by atoms with Crippen molar-refractivity contribution in [3.8, 4) is 11.5 Å². The van der Waals surface area contributed by atoms with Gasteiger partial charge in [-0.1, -0.05) is 44.2 Å². The number of hydrogen-bond donors (Lipinski definition) is 0. The van der Waals surface area contributed by atoms with Gasteiger partial charge in [-0.05, 0) is 57.4 Å². The molecule has 0 spiro atoms. The molecule has 11 heteroatoms. The predicted octanol–water partition coefficient (Wildman–Crippen LogP) is 5.19. The monoisotopic (exact) mass is 620 g/mol. The van der Waals surface area contributed by atoms with Crippen LogP contribution in [-0.2, 0) is 23.7 Å². The summed E-state index contributed by atoms with van der Waals surface area (Å²) in [6.45, 7) is 10.7. The maximum absolute atomic E-state index is 13.7. The number of benzene rings is 1. The Bertz CT molecular complexity index is 1330. The van der Waals surface area contributed by atoms with Crippen molar-refractivity contribution in [2.24, 2.45) is 11.8 Å². The molecule has 0 aliphatic carbocycles. The number of aromatic nitrogens is 1. The smallest absolute Gasteiger partial charge is 0.342 e. The van der Waals surface area contributed by atoms with Gasteiger partial charge in [-0.25, -0.2) is 9.78 Å². The number of fused-ring (bicyclic) bond motifs is 2. The molecule has 1 aromatic carbocycles. The lowest BCUT2D eigenvalue weighted by Crippen LogP contribution is -2.31. The van der Waals surface area contributed by atoms with E-state index in [2.05, 4.69) is 24.1 Å². The summed E-state index contributed by atoms with van der Waals surface area (Å²) < 4.78 is 35.8. The van der Waals surface area contributed by atoms with Crippen LogP contribution in [0.5, 0.6) is 11.5 Å². The van der Waals surface area contributed by atoms with Gasteiger partial charge in [0.2, 0.25) is 0 Å². The molecule has 1 fully saturated rings. The Labute approximate surface area is 266 Å². The molecule has 5 atom stereocenters. The van der Waals surface area contributed by atoms with E-state index in [-0.39, 0.29) is 43.8 Å². The average molecular weight is 621 g/mol. The summed E-state index contributed by atoms with van der Waals surface area (Å²) in [7, 11) is 1.75. The number of pyridine rings is 1. The third kappa shape index (κ3) is 9.42. The van der Waals surface area contributed by atoms with E-state index in [1.807, 2.05) is 68.9 Å². The Morgan fingerprint density at radius 3 is 2.64 bits per heavy atom. The summed E-state index contributed by atoms with van der Waals surface area (Å²) in [5, 5.41) is 0. The number of ether oxygens (including phenoxy) is 6. The van der Waals surface area contributed by atoms with E-state index in [1.165, 1.54) is 7.11 Å². The first-order valence-corrected chi connectivity index (χ1v) is 15.6. The van der Waals surface area contributed by atoms with Gasteiger partial charge in [0, 0.05) is 37.8 Å². The lowest BCUT2D eigenvalue weighted by molar-refractivity contribution is -0.148. The van der Waals surface area contributed by atoms with Crippen LogP contribution in [0.25, 0.3) is 6.08 Å². The molecule has 1 saturated heterocycles. The van der Waals surface area contributed by atoms with Crippen molar-refractivity contribution >= 4 is 31.5 Å². The van der Waals surface area contributed by atoms with Crippen molar-refractivity contribution in [1.82, 2.24) is 4.98 Å². The Morgan fingerprint density at radius 2 is 1.91 bits per heavy atom. The molecule has 0 radical (unpaired) electrons. The van der Waals surface area contributed by atoms with Gasteiger partial charge in [0.25, 0.3) is 0 Å². The summed E-state index contributed by atoms with van der Waals surface area (Å²) in [4.78, 5) is 31.2. The molecule has 1 aromatic heterocycles. The number of nitrogens with zero attached hydrogens (tertiary/aromatic N) is 2. The zero-order valence-electron chi connectivity index (χ0n) is 27.1. The maximum atomic E-state index is 13.7. The number of anilines is 1. The van der Waals surface area contributed by atoms with Gasteiger partial charge in [-0.2, -0.15) is 0 Å². The highest BCUT2D eigenvalue weighted by Gasteiger charge is 2.42. The van der Waals surface area contributed by atoms with Gasteiger partial charge >= 0.3 is 13.4 Å². The van der Waals surface area contributed by atoms with E-state index in [9.17, 15) is 9.59 Å². The summed E-state index contributed by atoms with van der Waals surface area (Å²) in [6, 6.07) is 9.08. The van der Waals surface area contributed by atoms with Crippen LogP contribution in [0.2, 0.25) is 0 Å². The third-order valence-electron chi connectivity index (χ3n) is 7.91. The van der Waals surface area contributed by atoms with E-state index >= 15 is 0 Å². The normalized spacial score (nSPS) is 25.9. The molecule has 2 aromatic rings. The standard InChI is InChI=1S/C34H45BN2O8/c1-23-14-15-24(2)32-28(44-34(4,5)45-32)12-9-11-26-19-27(20-29(42-22-40-6)31(26)33(39)43-25(23)3)41-18-10-17-37(35-21-38)30-13-7-8-16-36-30/h7-9,11,13-16,19-21,23-25,28,32,35H,10,12,17-18,22H2,1-6H3/b11-9+,15-14-/t23-,24?,25+,28?,32?/m1/s1. The fourth-order valence-electron chi connectivity index (χ4n) is 5.43. The van der Waals surface area contributed by atoms with Crippen LogP contribution in [0.4, 0.5) is 5.82 Å². The molecule has 3 unspecified atom stereocenters. The van der Waals surface area contributed by atoms with Crippen molar-refractivity contribution in [2.45, 2.75) is 71.6 Å². The highest BCUT2D eigenvalue weighted by molar-refractivity contribution is 6.70. The van der Waals surface area contributed by atoms with Crippen molar-refractivity contribution in [3.05, 3.63) is 65.9 Å². The van der Waals surface area contributed by atoms with E-state index < -0.39 is 17.9 Å².